The van der Waals surface area contributed by atoms with Gasteiger partial charge in [-0.15, -0.1) is 0 Å². The first kappa shape index (κ1) is 17.8. The maximum absolute atomic E-state index is 13.1. The maximum atomic E-state index is 13.1. The molecule has 2 fully saturated rings. The summed E-state index contributed by atoms with van der Waals surface area (Å²) in [5.41, 5.74) is -0.455. The van der Waals surface area contributed by atoms with E-state index in [0.717, 1.165) is 32.4 Å². The van der Waals surface area contributed by atoms with Crippen LogP contribution in [0, 0.1) is 0 Å². The van der Waals surface area contributed by atoms with Crippen molar-refractivity contribution >= 4 is 11.8 Å². The Labute approximate surface area is 149 Å². The predicted octanol–water partition coefficient (Wildman–Crippen LogP) is 0.868. The molecule has 0 aromatic carbocycles. The van der Waals surface area contributed by atoms with Crippen molar-refractivity contribution in [2.75, 3.05) is 40.3 Å². The van der Waals surface area contributed by atoms with Crippen molar-refractivity contribution in [2.24, 2.45) is 0 Å². The summed E-state index contributed by atoms with van der Waals surface area (Å²) < 4.78 is 0. The molecular formula is C18H27N5O2. The number of carbonyl (C=O) groups is 2. The van der Waals surface area contributed by atoms with E-state index >= 15 is 0 Å². The Morgan fingerprint density at radius 3 is 2.52 bits per heavy atom. The van der Waals surface area contributed by atoms with Crippen molar-refractivity contribution in [1.29, 1.82) is 0 Å². The summed E-state index contributed by atoms with van der Waals surface area (Å²) in [5, 5.41) is 0. The molecule has 1 atom stereocenters. The SMILES string of the molecule is CN(C)C(=O)[C@@]1(c2cnccn2)CCCN1C(=O)CN1CCCCC1. The fraction of sp³-hybridized carbons (Fsp3) is 0.667. The van der Waals surface area contributed by atoms with Gasteiger partial charge in [-0.2, -0.15) is 0 Å². The van der Waals surface area contributed by atoms with Gasteiger partial charge in [-0.05, 0) is 38.8 Å². The number of piperidine rings is 1. The molecule has 25 heavy (non-hydrogen) atoms. The molecular weight excluding hydrogens is 318 g/mol. The van der Waals surface area contributed by atoms with Crippen LogP contribution in [0.5, 0.6) is 0 Å². The molecule has 2 aliphatic heterocycles. The molecule has 3 heterocycles. The molecule has 0 radical (unpaired) electrons. The average Bonchev–Trinajstić information content (AvgIpc) is 3.08. The van der Waals surface area contributed by atoms with Gasteiger partial charge in [-0.3, -0.25) is 24.5 Å². The lowest BCUT2D eigenvalue weighted by Gasteiger charge is -2.39. The molecule has 2 amide bonds. The van der Waals surface area contributed by atoms with Crippen LogP contribution in [0.1, 0.15) is 37.8 Å². The second-order valence-electron chi connectivity index (χ2n) is 7.14. The number of rotatable bonds is 4. The quantitative estimate of drug-likeness (QED) is 0.810. The topological polar surface area (TPSA) is 69.6 Å². The Hall–Kier alpha value is -2.02. The van der Waals surface area contributed by atoms with Crippen molar-refractivity contribution < 1.29 is 9.59 Å². The number of hydrogen-bond donors (Lipinski definition) is 0. The van der Waals surface area contributed by atoms with Gasteiger partial charge in [-0.25, -0.2) is 0 Å². The first-order valence-electron chi connectivity index (χ1n) is 9.07. The Balaban J connectivity index is 1.90. The van der Waals surface area contributed by atoms with Gasteiger partial charge >= 0.3 is 0 Å². The highest BCUT2D eigenvalue weighted by atomic mass is 16.2. The van der Waals surface area contributed by atoms with Gasteiger partial charge in [0.05, 0.1) is 18.4 Å². The summed E-state index contributed by atoms with van der Waals surface area (Å²) >= 11 is 0. The van der Waals surface area contributed by atoms with Crippen LogP contribution in [-0.4, -0.2) is 76.8 Å². The van der Waals surface area contributed by atoms with Crippen LogP contribution in [0.2, 0.25) is 0 Å². The summed E-state index contributed by atoms with van der Waals surface area (Å²) in [4.78, 5) is 40.3. The van der Waals surface area contributed by atoms with Crippen molar-refractivity contribution in [3.63, 3.8) is 0 Å². The molecule has 0 N–H and O–H groups in total. The van der Waals surface area contributed by atoms with Gasteiger partial charge in [0, 0.05) is 33.0 Å². The van der Waals surface area contributed by atoms with E-state index in [1.807, 2.05) is 0 Å². The Morgan fingerprint density at radius 1 is 1.12 bits per heavy atom. The smallest absolute Gasteiger partial charge is 0.254 e. The summed E-state index contributed by atoms with van der Waals surface area (Å²) in [5.74, 6) is -0.0854. The lowest BCUT2D eigenvalue weighted by Crippen LogP contribution is -2.57. The zero-order valence-electron chi connectivity index (χ0n) is 15.1. The van der Waals surface area contributed by atoms with Gasteiger partial charge in [0.2, 0.25) is 5.91 Å². The fourth-order valence-corrected chi connectivity index (χ4v) is 4.03. The predicted molar refractivity (Wildman–Crippen MR) is 93.6 cm³/mol. The summed E-state index contributed by atoms with van der Waals surface area (Å²) in [6.45, 7) is 2.88. The van der Waals surface area contributed by atoms with Gasteiger partial charge < -0.3 is 9.80 Å². The number of amides is 2. The summed E-state index contributed by atoms with van der Waals surface area (Å²) in [6, 6.07) is 0. The monoisotopic (exact) mass is 345 g/mol. The Morgan fingerprint density at radius 2 is 1.88 bits per heavy atom. The number of likely N-dealkylation sites (tertiary alicyclic amines) is 2. The molecule has 136 valence electrons. The van der Waals surface area contributed by atoms with E-state index in [-0.39, 0.29) is 11.8 Å². The standard InChI is InChI=1S/C18H27N5O2/c1-21(2)17(25)18(15-13-19-8-9-20-15)7-6-12-23(18)16(24)14-22-10-4-3-5-11-22/h8-9,13H,3-7,10-12,14H2,1-2H3/t18-/m0/s1. The van der Waals surface area contributed by atoms with Crippen molar-refractivity contribution in [3.05, 3.63) is 24.3 Å². The number of hydrogen-bond acceptors (Lipinski definition) is 5. The van der Waals surface area contributed by atoms with Crippen molar-refractivity contribution in [3.8, 4) is 0 Å². The van der Waals surface area contributed by atoms with E-state index < -0.39 is 5.54 Å². The highest BCUT2D eigenvalue weighted by Gasteiger charge is 2.53. The van der Waals surface area contributed by atoms with E-state index in [0.29, 0.717) is 25.2 Å². The molecule has 7 nitrogen and oxygen atoms in total. The third kappa shape index (κ3) is 3.38. The van der Waals surface area contributed by atoms with Crippen LogP contribution < -0.4 is 0 Å². The number of carbonyl (C=O) groups excluding carboxylic acids is 2. The largest absolute Gasteiger partial charge is 0.346 e. The van der Waals surface area contributed by atoms with Crippen LogP contribution in [0.25, 0.3) is 0 Å². The minimum Gasteiger partial charge on any atom is -0.346 e. The molecule has 0 saturated carbocycles. The van der Waals surface area contributed by atoms with Gasteiger partial charge in [0.1, 0.15) is 0 Å². The highest BCUT2D eigenvalue weighted by Crippen LogP contribution is 2.39. The lowest BCUT2D eigenvalue weighted by molar-refractivity contribution is -0.151. The normalized spacial score (nSPS) is 24.3. The maximum Gasteiger partial charge on any atom is 0.254 e. The lowest BCUT2D eigenvalue weighted by atomic mass is 9.90. The molecule has 1 aromatic heterocycles. The zero-order chi connectivity index (χ0) is 17.9. The molecule has 2 saturated heterocycles. The average molecular weight is 345 g/mol. The second-order valence-corrected chi connectivity index (χ2v) is 7.14. The second kappa shape index (κ2) is 7.47. The van der Waals surface area contributed by atoms with Crippen LogP contribution in [0.3, 0.4) is 0 Å². The van der Waals surface area contributed by atoms with E-state index in [2.05, 4.69) is 14.9 Å². The van der Waals surface area contributed by atoms with Crippen molar-refractivity contribution in [2.45, 2.75) is 37.6 Å². The van der Waals surface area contributed by atoms with Gasteiger partial charge in [-0.1, -0.05) is 6.42 Å². The summed E-state index contributed by atoms with van der Waals surface area (Å²) in [7, 11) is 3.46. The first-order valence-corrected chi connectivity index (χ1v) is 9.07. The molecule has 0 spiro atoms. The molecule has 0 bridgehead atoms. The molecule has 3 rings (SSSR count). The zero-order valence-corrected chi connectivity index (χ0v) is 15.1. The van der Waals surface area contributed by atoms with E-state index in [1.165, 1.54) is 6.42 Å². The molecule has 0 aliphatic carbocycles. The minimum absolute atomic E-state index is 0.0141. The van der Waals surface area contributed by atoms with E-state index in [4.69, 9.17) is 0 Å². The van der Waals surface area contributed by atoms with E-state index in [9.17, 15) is 9.59 Å². The Bertz CT molecular complexity index is 615. The third-order valence-electron chi connectivity index (χ3n) is 5.24. The van der Waals surface area contributed by atoms with E-state index in [1.54, 1.807) is 42.5 Å². The first-order chi connectivity index (χ1) is 12.1. The van der Waals surface area contributed by atoms with Crippen LogP contribution in [-0.2, 0) is 15.1 Å². The minimum atomic E-state index is -1.02. The molecule has 1 aromatic rings. The highest BCUT2D eigenvalue weighted by molar-refractivity contribution is 5.93. The fourth-order valence-electron chi connectivity index (χ4n) is 4.03. The van der Waals surface area contributed by atoms with Crippen LogP contribution in [0.4, 0.5) is 0 Å². The van der Waals surface area contributed by atoms with Gasteiger partial charge in [0.15, 0.2) is 5.54 Å². The number of likely N-dealkylation sites (N-methyl/N-ethyl adjacent to an activating group) is 1. The molecule has 2 aliphatic rings. The van der Waals surface area contributed by atoms with Crippen LogP contribution >= 0.6 is 0 Å². The summed E-state index contributed by atoms with van der Waals surface area (Å²) in [6.07, 6.45) is 9.69. The number of nitrogens with zero attached hydrogens (tertiary/aromatic N) is 5. The van der Waals surface area contributed by atoms with Crippen molar-refractivity contribution in [1.82, 2.24) is 24.7 Å². The van der Waals surface area contributed by atoms with Gasteiger partial charge in [0.25, 0.3) is 5.91 Å². The molecule has 7 heteroatoms. The number of aromatic nitrogens is 2. The molecule has 0 unspecified atom stereocenters. The Kier molecular flexibility index (Phi) is 5.32. The van der Waals surface area contributed by atoms with Crippen LogP contribution in [0.15, 0.2) is 18.6 Å². The third-order valence-corrected chi connectivity index (χ3v) is 5.24.